The number of benzene rings is 3. The fourth-order valence-electron chi connectivity index (χ4n) is 3.24. The van der Waals surface area contributed by atoms with Crippen molar-refractivity contribution in [3.63, 3.8) is 0 Å². The summed E-state index contributed by atoms with van der Waals surface area (Å²) in [5, 5.41) is 13.9. The molecule has 0 aliphatic heterocycles. The molecule has 0 radical (unpaired) electrons. The minimum Gasteiger partial charge on any atom is -0.346 e. The summed E-state index contributed by atoms with van der Waals surface area (Å²) in [6.07, 6.45) is 0. The van der Waals surface area contributed by atoms with Gasteiger partial charge in [0.25, 0.3) is 0 Å². The number of aromatic nitrogens is 3. The predicted molar refractivity (Wildman–Crippen MR) is 130 cm³/mol. The lowest BCUT2D eigenvalue weighted by Crippen LogP contribution is -2.33. The molecular formula is C25H21F2N5O2S. The van der Waals surface area contributed by atoms with Crippen molar-refractivity contribution in [3.05, 3.63) is 96.1 Å². The van der Waals surface area contributed by atoms with Crippen molar-refractivity contribution in [1.82, 2.24) is 20.1 Å². The van der Waals surface area contributed by atoms with Crippen LogP contribution in [0.5, 0.6) is 0 Å². The molecule has 0 saturated heterocycles. The van der Waals surface area contributed by atoms with Crippen molar-refractivity contribution in [2.45, 2.75) is 11.7 Å². The summed E-state index contributed by atoms with van der Waals surface area (Å²) in [6, 6.07) is 21.2. The number of rotatable bonds is 9. The second-order valence-electron chi connectivity index (χ2n) is 7.48. The molecule has 0 saturated carbocycles. The molecule has 4 aromatic rings. The van der Waals surface area contributed by atoms with E-state index in [1.54, 1.807) is 22.8 Å². The molecule has 7 nitrogen and oxygen atoms in total. The van der Waals surface area contributed by atoms with E-state index in [0.717, 1.165) is 17.3 Å². The molecule has 2 amide bonds. The second kappa shape index (κ2) is 11.4. The highest BCUT2D eigenvalue weighted by Crippen LogP contribution is 2.27. The molecule has 3 aromatic carbocycles. The molecule has 0 aliphatic carbocycles. The Morgan fingerprint density at radius 3 is 2.31 bits per heavy atom. The summed E-state index contributed by atoms with van der Waals surface area (Å²) in [4.78, 5) is 24.4. The van der Waals surface area contributed by atoms with E-state index >= 15 is 0 Å². The van der Waals surface area contributed by atoms with Crippen LogP contribution in [-0.4, -0.2) is 38.9 Å². The number of anilines is 1. The van der Waals surface area contributed by atoms with Crippen LogP contribution in [0.25, 0.3) is 11.4 Å². The summed E-state index contributed by atoms with van der Waals surface area (Å²) in [5.41, 5.74) is 1.70. The number of nitrogens with zero attached hydrogens (tertiary/aromatic N) is 3. The van der Waals surface area contributed by atoms with Crippen LogP contribution in [0.15, 0.2) is 84.0 Å². The van der Waals surface area contributed by atoms with Crippen LogP contribution in [0.3, 0.4) is 0 Å². The minimum absolute atomic E-state index is 0.0198. The molecular weight excluding hydrogens is 472 g/mol. The first-order valence-corrected chi connectivity index (χ1v) is 11.6. The van der Waals surface area contributed by atoms with Crippen molar-refractivity contribution < 1.29 is 18.4 Å². The third-order valence-corrected chi connectivity index (χ3v) is 5.89. The van der Waals surface area contributed by atoms with Crippen molar-refractivity contribution in [2.24, 2.45) is 0 Å². The summed E-state index contributed by atoms with van der Waals surface area (Å²) in [5.74, 6) is -1.32. The van der Waals surface area contributed by atoms with E-state index in [0.29, 0.717) is 28.8 Å². The maximum absolute atomic E-state index is 14.5. The molecule has 10 heteroatoms. The molecule has 1 aromatic heterocycles. The lowest BCUT2D eigenvalue weighted by molar-refractivity contribution is -0.122. The quantitative estimate of drug-likeness (QED) is 0.343. The van der Waals surface area contributed by atoms with Gasteiger partial charge >= 0.3 is 0 Å². The van der Waals surface area contributed by atoms with Crippen LogP contribution in [0.2, 0.25) is 0 Å². The Kier molecular flexibility index (Phi) is 7.84. The lowest BCUT2D eigenvalue weighted by Gasteiger charge is -2.11. The highest BCUT2D eigenvalue weighted by atomic mass is 32.2. The summed E-state index contributed by atoms with van der Waals surface area (Å²) < 4.78 is 29.2. The molecule has 0 aliphatic rings. The lowest BCUT2D eigenvalue weighted by atomic mass is 10.2. The summed E-state index contributed by atoms with van der Waals surface area (Å²) in [7, 11) is 0. The summed E-state index contributed by atoms with van der Waals surface area (Å²) >= 11 is 1.13. The largest absolute Gasteiger partial charge is 0.346 e. The number of carbonyl (C=O) groups excluding carboxylic acids is 2. The Labute approximate surface area is 204 Å². The van der Waals surface area contributed by atoms with Crippen LogP contribution >= 0.6 is 11.8 Å². The van der Waals surface area contributed by atoms with Crippen LogP contribution in [-0.2, 0) is 16.1 Å². The van der Waals surface area contributed by atoms with Gasteiger partial charge in [-0.15, -0.1) is 10.2 Å². The van der Waals surface area contributed by atoms with E-state index < -0.39 is 17.5 Å². The van der Waals surface area contributed by atoms with Gasteiger partial charge in [-0.05, 0) is 42.0 Å². The Morgan fingerprint density at radius 1 is 0.857 bits per heavy atom. The van der Waals surface area contributed by atoms with Gasteiger partial charge in [-0.25, -0.2) is 8.78 Å². The van der Waals surface area contributed by atoms with Gasteiger partial charge in [0, 0.05) is 5.69 Å². The fourth-order valence-corrected chi connectivity index (χ4v) is 4.01. The van der Waals surface area contributed by atoms with Crippen LogP contribution in [0, 0.1) is 11.6 Å². The maximum atomic E-state index is 14.5. The monoisotopic (exact) mass is 493 g/mol. The number of halogens is 2. The van der Waals surface area contributed by atoms with E-state index in [1.807, 2.05) is 30.3 Å². The SMILES string of the molecule is O=C(CSc1nnc(-c2ccccc2F)n1Cc1ccccc1)NCC(=O)Nc1ccc(F)cc1. The number of hydrogen-bond acceptors (Lipinski definition) is 5. The Morgan fingerprint density at radius 2 is 1.57 bits per heavy atom. The predicted octanol–water partition coefficient (Wildman–Crippen LogP) is 4.12. The molecule has 0 unspecified atom stereocenters. The molecule has 0 atom stereocenters. The van der Waals surface area contributed by atoms with Gasteiger partial charge < -0.3 is 10.6 Å². The smallest absolute Gasteiger partial charge is 0.243 e. The Balaban J connectivity index is 1.41. The average Bonchev–Trinajstić information content (AvgIpc) is 3.26. The normalized spacial score (nSPS) is 10.7. The topological polar surface area (TPSA) is 88.9 Å². The van der Waals surface area contributed by atoms with E-state index in [2.05, 4.69) is 20.8 Å². The molecule has 0 bridgehead atoms. The van der Waals surface area contributed by atoms with Gasteiger partial charge in [0.05, 0.1) is 24.4 Å². The van der Waals surface area contributed by atoms with E-state index in [9.17, 15) is 18.4 Å². The Bertz CT molecular complexity index is 1310. The molecule has 178 valence electrons. The van der Waals surface area contributed by atoms with Gasteiger partial charge in [-0.2, -0.15) is 0 Å². The number of thioether (sulfide) groups is 1. The van der Waals surface area contributed by atoms with Crippen molar-refractivity contribution in [1.29, 1.82) is 0 Å². The first-order valence-electron chi connectivity index (χ1n) is 10.7. The zero-order valence-corrected chi connectivity index (χ0v) is 19.3. The Hall–Kier alpha value is -4.05. The first-order chi connectivity index (χ1) is 17.0. The van der Waals surface area contributed by atoms with Crippen molar-refractivity contribution >= 4 is 29.3 Å². The fraction of sp³-hybridized carbons (Fsp3) is 0.120. The standard InChI is InChI=1S/C25H21F2N5O2S/c26-18-10-12-19(13-11-18)29-22(33)14-28-23(34)16-35-25-31-30-24(20-8-4-5-9-21(20)27)32(25)15-17-6-2-1-3-7-17/h1-13H,14-16H2,(H,28,34)(H,29,33). The zero-order valence-electron chi connectivity index (χ0n) is 18.4. The third-order valence-electron chi connectivity index (χ3n) is 4.92. The van der Waals surface area contributed by atoms with Crippen LogP contribution in [0.1, 0.15) is 5.56 Å². The number of hydrogen-bond donors (Lipinski definition) is 2. The van der Waals surface area contributed by atoms with E-state index in [1.165, 1.54) is 30.3 Å². The molecule has 4 rings (SSSR count). The number of carbonyl (C=O) groups is 2. The maximum Gasteiger partial charge on any atom is 0.243 e. The molecule has 0 spiro atoms. The first kappa shape index (κ1) is 24.1. The average molecular weight is 494 g/mol. The van der Waals surface area contributed by atoms with Crippen LogP contribution in [0.4, 0.5) is 14.5 Å². The van der Waals surface area contributed by atoms with E-state index in [4.69, 9.17) is 0 Å². The van der Waals surface area contributed by atoms with Crippen LogP contribution < -0.4 is 10.6 Å². The second-order valence-corrected chi connectivity index (χ2v) is 8.42. The minimum atomic E-state index is -0.441. The molecule has 35 heavy (non-hydrogen) atoms. The molecule has 0 fully saturated rings. The van der Waals surface area contributed by atoms with Gasteiger partial charge in [0.1, 0.15) is 11.6 Å². The number of nitrogens with one attached hydrogen (secondary N) is 2. The highest BCUT2D eigenvalue weighted by Gasteiger charge is 2.18. The van der Waals surface area contributed by atoms with Gasteiger partial charge in [0.15, 0.2) is 11.0 Å². The van der Waals surface area contributed by atoms with Crippen molar-refractivity contribution in [2.75, 3.05) is 17.6 Å². The van der Waals surface area contributed by atoms with Crippen molar-refractivity contribution in [3.8, 4) is 11.4 Å². The van der Waals surface area contributed by atoms with Gasteiger partial charge in [-0.1, -0.05) is 54.2 Å². The van der Waals surface area contributed by atoms with E-state index in [-0.39, 0.29) is 18.2 Å². The zero-order chi connectivity index (χ0) is 24.6. The van der Waals surface area contributed by atoms with Gasteiger partial charge in [-0.3, -0.25) is 14.2 Å². The van der Waals surface area contributed by atoms with Gasteiger partial charge in [0.2, 0.25) is 11.8 Å². The third kappa shape index (κ3) is 6.51. The molecule has 2 N–H and O–H groups in total. The molecule has 1 heterocycles. The summed E-state index contributed by atoms with van der Waals surface area (Å²) in [6.45, 7) is 0.148. The number of amides is 2. The highest BCUT2D eigenvalue weighted by molar-refractivity contribution is 7.99.